The van der Waals surface area contributed by atoms with Gasteiger partial charge in [0.25, 0.3) is 5.91 Å². The summed E-state index contributed by atoms with van der Waals surface area (Å²) >= 11 is 0. The summed E-state index contributed by atoms with van der Waals surface area (Å²) in [5.41, 5.74) is 0.950. The fourth-order valence-corrected chi connectivity index (χ4v) is 3.32. The molecule has 0 bridgehead atoms. The molecule has 1 N–H and O–H groups in total. The highest BCUT2D eigenvalue weighted by molar-refractivity contribution is 5.85. The first-order valence-electron chi connectivity index (χ1n) is 8.37. The number of ether oxygens (including phenoxy) is 1. The fraction of sp³-hybridized carbons (Fsp3) is 0.647. The van der Waals surface area contributed by atoms with E-state index in [4.69, 9.17) is 4.74 Å². The van der Waals surface area contributed by atoms with Gasteiger partial charge in [-0.05, 0) is 57.3 Å². The summed E-state index contributed by atoms with van der Waals surface area (Å²) in [7, 11) is 0. The van der Waals surface area contributed by atoms with Crippen LogP contribution in [0.4, 0.5) is 0 Å². The predicted octanol–water partition coefficient (Wildman–Crippen LogP) is 2.15. The Morgan fingerprint density at radius 2 is 2.17 bits per heavy atom. The third-order valence-electron chi connectivity index (χ3n) is 4.53. The van der Waals surface area contributed by atoms with E-state index in [9.17, 15) is 4.79 Å². The Kier molecular flexibility index (Phi) is 7.27. The number of aromatic nitrogens is 1. The van der Waals surface area contributed by atoms with Crippen LogP contribution in [0.25, 0.3) is 0 Å². The van der Waals surface area contributed by atoms with Gasteiger partial charge in [-0.25, -0.2) is 0 Å². The third kappa shape index (κ3) is 4.90. The molecule has 3 rings (SSSR count). The van der Waals surface area contributed by atoms with E-state index < -0.39 is 0 Å². The summed E-state index contributed by atoms with van der Waals surface area (Å²) in [6.45, 7) is 3.31. The quantitative estimate of drug-likeness (QED) is 0.913. The first-order valence-corrected chi connectivity index (χ1v) is 8.37. The molecule has 2 aliphatic heterocycles. The molecule has 1 aromatic rings. The van der Waals surface area contributed by atoms with E-state index in [1.54, 1.807) is 6.20 Å². The van der Waals surface area contributed by atoms with Crippen molar-refractivity contribution in [3.63, 3.8) is 0 Å². The van der Waals surface area contributed by atoms with Crippen molar-refractivity contribution < 1.29 is 9.53 Å². The molecular formula is C17H26ClN3O2. The highest BCUT2D eigenvalue weighted by Crippen LogP contribution is 2.22. The molecule has 2 fully saturated rings. The SMILES string of the molecule is Cl.O=C(C1CCCO1)N(Cc1ccccn1)C1CCCNCC1. The Bertz CT molecular complexity index is 472. The minimum absolute atomic E-state index is 0. The first kappa shape index (κ1) is 18.2. The van der Waals surface area contributed by atoms with Crippen LogP contribution in [0.1, 0.15) is 37.8 Å². The predicted molar refractivity (Wildman–Crippen MR) is 91.5 cm³/mol. The molecule has 6 heteroatoms. The second-order valence-electron chi connectivity index (χ2n) is 6.12. The van der Waals surface area contributed by atoms with Gasteiger partial charge in [-0.15, -0.1) is 12.4 Å². The van der Waals surface area contributed by atoms with Crippen molar-refractivity contribution in [2.75, 3.05) is 19.7 Å². The smallest absolute Gasteiger partial charge is 0.252 e. The van der Waals surface area contributed by atoms with Crippen LogP contribution in [-0.4, -0.2) is 47.6 Å². The van der Waals surface area contributed by atoms with E-state index in [0.29, 0.717) is 13.2 Å². The Balaban J connectivity index is 0.00000192. The van der Waals surface area contributed by atoms with Gasteiger partial charge in [-0.2, -0.15) is 0 Å². The molecule has 0 saturated carbocycles. The van der Waals surface area contributed by atoms with Crippen LogP contribution in [-0.2, 0) is 16.1 Å². The summed E-state index contributed by atoms with van der Waals surface area (Å²) < 4.78 is 5.63. The van der Waals surface area contributed by atoms with Crippen LogP contribution >= 0.6 is 12.4 Å². The topological polar surface area (TPSA) is 54.5 Å². The van der Waals surface area contributed by atoms with Gasteiger partial charge in [-0.3, -0.25) is 9.78 Å². The lowest BCUT2D eigenvalue weighted by Crippen LogP contribution is -2.45. The average Bonchev–Trinajstić information content (AvgIpc) is 2.96. The van der Waals surface area contributed by atoms with Crippen molar-refractivity contribution in [2.45, 2.75) is 50.8 Å². The van der Waals surface area contributed by atoms with Gasteiger partial charge >= 0.3 is 0 Å². The van der Waals surface area contributed by atoms with E-state index in [0.717, 1.165) is 50.9 Å². The third-order valence-corrected chi connectivity index (χ3v) is 4.53. The largest absolute Gasteiger partial charge is 0.368 e. The number of rotatable bonds is 4. The number of carbonyl (C=O) groups is 1. The van der Waals surface area contributed by atoms with Gasteiger partial charge in [-0.1, -0.05) is 6.07 Å². The van der Waals surface area contributed by atoms with Crippen molar-refractivity contribution in [1.29, 1.82) is 0 Å². The number of pyridine rings is 1. The van der Waals surface area contributed by atoms with Gasteiger partial charge in [0.15, 0.2) is 0 Å². The van der Waals surface area contributed by atoms with Crippen LogP contribution in [0.15, 0.2) is 24.4 Å². The highest BCUT2D eigenvalue weighted by atomic mass is 35.5. The molecule has 0 aromatic carbocycles. The molecule has 5 nitrogen and oxygen atoms in total. The van der Waals surface area contributed by atoms with Crippen molar-refractivity contribution in [2.24, 2.45) is 0 Å². The monoisotopic (exact) mass is 339 g/mol. The number of nitrogens with zero attached hydrogens (tertiary/aromatic N) is 2. The average molecular weight is 340 g/mol. The van der Waals surface area contributed by atoms with Gasteiger partial charge in [0.1, 0.15) is 6.10 Å². The highest BCUT2D eigenvalue weighted by Gasteiger charge is 2.32. The van der Waals surface area contributed by atoms with E-state index in [1.807, 2.05) is 23.1 Å². The number of hydrogen-bond acceptors (Lipinski definition) is 4. The first-order chi connectivity index (χ1) is 10.8. The zero-order valence-corrected chi connectivity index (χ0v) is 14.3. The van der Waals surface area contributed by atoms with E-state index in [-0.39, 0.29) is 30.5 Å². The van der Waals surface area contributed by atoms with Gasteiger partial charge in [0.05, 0.1) is 12.2 Å². The maximum Gasteiger partial charge on any atom is 0.252 e. The van der Waals surface area contributed by atoms with E-state index in [2.05, 4.69) is 10.3 Å². The Morgan fingerprint density at radius 1 is 1.26 bits per heavy atom. The minimum Gasteiger partial charge on any atom is -0.368 e. The summed E-state index contributed by atoms with van der Waals surface area (Å²) in [4.78, 5) is 19.3. The number of halogens is 1. The Morgan fingerprint density at radius 3 is 2.91 bits per heavy atom. The molecule has 0 aliphatic carbocycles. The van der Waals surface area contributed by atoms with Gasteiger partial charge in [0, 0.05) is 18.8 Å². The summed E-state index contributed by atoms with van der Waals surface area (Å²) in [6, 6.07) is 6.16. The maximum atomic E-state index is 12.9. The molecule has 0 spiro atoms. The van der Waals surface area contributed by atoms with Crippen molar-refractivity contribution in [3.8, 4) is 0 Å². The maximum absolute atomic E-state index is 12.9. The van der Waals surface area contributed by atoms with Gasteiger partial charge < -0.3 is 15.0 Å². The van der Waals surface area contributed by atoms with E-state index >= 15 is 0 Å². The zero-order chi connectivity index (χ0) is 15.2. The van der Waals surface area contributed by atoms with Crippen molar-refractivity contribution in [3.05, 3.63) is 30.1 Å². The van der Waals surface area contributed by atoms with E-state index in [1.165, 1.54) is 0 Å². The molecule has 128 valence electrons. The second kappa shape index (κ2) is 9.21. The zero-order valence-electron chi connectivity index (χ0n) is 13.4. The molecule has 0 radical (unpaired) electrons. The lowest BCUT2D eigenvalue weighted by molar-refractivity contribution is -0.144. The van der Waals surface area contributed by atoms with Crippen LogP contribution in [0.3, 0.4) is 0 Å². The summed E-state index contributed by atoms with van der Waals surface area (Å²) in [5.74, 6) is 0.148. The molecule has 2 saturated heterocycles. The van der Waals surface area contributed by atoms with Gasteiger partial charge in [0.2, 0.25) is 0 Å². The molecule has 2 unspecified atom stereocenters. The molecule has 2 atom stereocenters. The van der Waals surface area contributed by atoms with Crippen LogP contribution < -0.4 is 5.32 Å². The molecular weight excluding hydrogens is 314 g/mol. The Labute approximate surface area is 144 Å². The Hall–Kier alpha value is -1.17. The summed E-state index contributed by atoms with van der Waals surface area (Å²) in [5, 5.41) is 3.42. The second-order valence-corrected chi connectivity index (χ2v) is 6.12. The van der Waals surface area contributed by atoms with Crippen molar-refractivity contribution in [1.82, 2.24) is 15.2 Å². The normalized spacial score (nSPS) is 24.5. The summed E-state index contributed by atoms with van der Waals surface area (Å²) in [6.07, 6.45) is 6.55. The minimum atomic E-state index is -0.250. The number of amides is 1. The number of carbonyl (C=O) groups excluding carboxylic acids is 1. The molecule has 3 heterocycles. The molecule has 23 heavy (non-hydrogen) atoms. The number of hydrogen-bond donors (Lipinski definition) is 1. The number of nitrogens with one attached hydrogen (secondary N) is 1. The van der Waals surface area contributed by atoms with Crippen molar-refractivity contribution >= 4 is 18.3 Å². The molecule has 1 aromatic heterocycles. The van der Waals surface area contributed by atoms with Crippen LogP contribution in [0.5, 0.6) is 0 Å². The van der Waals surface area contributed by atoms with Crippen LogP contribution in [0, 0.1) is 0 Å². The lowest BCUT2D eigenvalue weighted by Gasteiger charge is -2.32. The fourth-order valence-electron chi connectivity index (χ4n) is 3.32. The lowest BCUT2D eigenvalue weighted by atomic mass is 10.1. The molecule has 2 aliphatic rings. The van der Waals surface area contributed by atoms with Crippen LogP contribution in [0.2, 0.25) is 0 Å². The molecule has 1 amide bonds. The standard InChI is InChI=1S/C17H25N3O2.ClH/c21-17(16-7-4-12-22-16)20(13-14-5-1-2-10-19-14)15-6-3-9-18-11-8-15;/h1-2,5,10,15-16,18H,3-4,6-9,11-13H2;1H.